The number of rotatable bonds is 6. The Kier molecular flexibility index (Phi) is 5.36. The number of hydrogen-bond acceptors (Lipinski definition) is 4. The lowest BCUT2D eigenvalue weighted by atomic mass is 10.1. The molecule has 0 bridgehead atoms. The maximum Gasteiger partial charge on any atom is 0.191 e. The molecular formula is C18H20FN3S2. The zero-order valence-electron chi connectivity index (χ0n) is 14.0. The van der Waals surface area contributed by atoms with Crippen LogP contribution in [-0.4, -0.2) is 14.8 Å². The maximum absolute atomic E-state index is 13.3. The van der Waals surface area contributed by atoms with Crippen LogP contribution in [0.25, 0.3) is 11.4 Å². The van der Waals surface area contributed by atoms with E-state index < -0.39 is 0 Å². The van der Waals surface area contributed by atoms with Crippen molar-refractivity contribution in [3.8, 4) is 11.4 Å². The van der Waals surface area contributed by atoms with Crippen molar-refractivity contribution in [2.24, 2.45) is 0 Å². The topological polar surface area (TPSA) is 30.7 Å². The first-order valence-corrected chi connectivity index (χ1v) is 9.84. The van der Waals surface area contributed by atoms with Crippen molar-refractivity contribution in [3.63, 3.8) is 0 Å². The van der Waals surface area contributed by atoms with Crippen molar-refractivity contribution in [2.75, 3.05) is 0 Å². The summed E-state index contributed by atoms with van der Waals surface area (Å²) in [7, 11) is 0. The quantitative estimate of drug-likeness (QED) is 0.537. The van der Waals surface area contributed by atoms with Crippen LogP contribution >= 0.6 is 23.1 Å². The lowest BCUT2D eigenvalue weighted by molar-refractivity contribution is 0.626. The summed E-state index contributed by atoms with van der Waals surface area (Å²) in [4.78, 5) is 1.35. The molecule has 24 heavy (non-hydrogen) atoms. The molecule has 3 nitrogen and oxygen atoms in total. The third-order valence-corrected chi connectivity index (χ3v) is 6.01. The van der Waals surface area contributed by atoms with Crippen molar-refractivity contribution in [1.82, 2.24) is 14.8 Å². The minimum Gasteiger partial charge on any atom is -0.302 e. The van der Waals surface area contributed by atoms with Crippen molar-refractivity contribution < 1.29 is 4.39 Å². The van der Waals surface area contributed by atoms with Gasteiger partial charge in [0.05, 0.1) is 0 Å². The third-order valence-electron chi connectivity index (χ3n) is 3.74. The van der Waals surface area contributed by atoms with Crippen molar-refractivity contribution in [3.05, 3.63) is 52.0 Å². The maximum atomic E-state index is 13.3. The van der Waals surface area contributed by atoms with Crippen LogP contribution in [0.4, 0.5) is 4.39 Å². The Morgan fingerprint density at radius 3 is 2.75 bits per heavy atom. The molecule has 0 aliphatic heterocycles. The van der Waals surface area contributed by atoms with E-state index in [0.717, 1.165) is 28.7 Å². The van der Waals surface area contributed by atoms with Crippen molar-refractivity contribution in [2.45, 2.75) is 44.1 Å². The lowest BCUT2D eigenvalue weighted by Gasteiger charge is -2.06. The molecule has 0 spiro atoms. The van der Waals surface area contributed by atoms with Gasteiger partial charge in [-0.1, -0.05) is 37.7 Å². The largest absolute Gasteiger partial charge is 0.302 e. The molecule has 0 aliphatic rings. The molecule has 3 aromatic rings. The van der Waals surface area contributed by atoms with Crippen molar-refractivity contribution >= 4 is 23.1 Å². The summed E-state index contributed by atoms with van der Waals surface area (Å²) < 4.78 is 15.4. The summed E-state index contributed by atoms with van der Waals surface area (Å²) in [6.45, 7) is 7.29. The van der Waals surface area contributed by atoms with E-state index in [1.54, 1.807) is 35.2 Å². The molecule has 0 saturated carbocycles. The number of benzene rings is 1. The van der Waals surface area contributed by atoms with Gasteiger partial charge in [0.2, 0.25) is 0 Å². The highest BCUT2D eigenvalue weighted by Gasteiger charge is 2.15. The molecule has 0 radical (unpaired) electrons. The van der Waals surface area contributed by atoms with Crippen LogP contribution in [0.15, 0.2) is 40.9 Å². The summed E-state index contributed by atoms with van der Waals surface area (Å²) in [6.07, 6.45) is 0. The van der Waals surface area contributed by atoms with E-state index in [4.69, 9.17) is 0 Å². The van der Waals surface area contributed by atoms with Crippen molar-refractivity contribution in [1.29, 1.82) is 0 Å². The molecule has 2 aromatic heterocycles. The number of halogens is 1. The zero-order chi connectivity index (χ0) is 17.1. The van der Waals surface area contributed by atoms with Crippen LogP contribution in [0.1, 0.15) is 37.1 Å². The fourth-order valence-electron chi connectivity index (χ4n) is 2.44. The van der Waals surface area contributed by atoms with Gasteiger partial charge in [-0.3, -0.25) is 0 Å². The van der Waals surface area contributed by atoms with Gasteiger partial charge in [0, 0.05) is 28.1 Å². The molecule has 2 heterocycles. The molecular weight excluding hydrogens is 341 g/mol. The second-order valence-electron chi connectivity index (χ2n) is 5.86. The van der Waals surface area contributed by atoms with Gasteiger partial charge in [0.25, 0.3) is 0 Å². The Bertz CT molecular complexity index is 823. The third kappa shape index (κ3) is 3.70. The minimum absolute atomic E-state index is 0.203. The Balaban J connectivity index is 1.81. The average Bonchev–Trinajstić information content (AvgIpc) is 3.19. The number of aromatic nitrogens is 3. The zero-order valence-corrected chi connectivity index (χ0v) is 15.6. The van der Waals surface area contributed by atoms with E-state index in [2.05, 4.69) is 47.0 Å². The molecule has 0 amide bonds. The molecule has 0 atom stereocenters. The predicted molar refractivity (Wildman–Crippen MR) is 99.1 cm³/mol. The van der Waals surface area contributed by atoms with Gasteiger partial charge in [0.1, 0.15) is 5.82 Å². The van der Waals surface area contributed by atoms with Gasteiger partial charge >= 0.3 is 0 Å². The summed E-state index contributed by atoms with van der Waals surface area (Å²) in [5.74, 6) is 1.90. The van der Waals surface area contributed by atoms with E-state index >= 15 is 0 Å². The normalized spacial score (nSPS) is 11.4. The highest BCUT2D eigenvalue weighted by Crippen LogP contribution is 2.31. The molecule has 0 N–H and O–H groups in total. The van der Waals surface area contributed by atoms with Crippen LogP contribution in [0.3, 0.4) is 0 Å². The molecule has 0 aliphatic carbocycles. The van der Waals surface area contributed by atoms with Gasteiger partial charge in [-0.2, -0.15) is 0 Å². The van der Waals surface area contributed by atoms with Crippen LogP contribution in [0.5, 0.6) is 0 Å². The molecule has 1 aromatic carbocycles. The SMILES string of the molecule is CCn1c(SCc2cccc(F)c2)nnc1-c1csc(C(C)C)c1. The Morgan fingerprint density at radius 2 is 2.08 bits per heavy atom. The first-order chi connectivity index (χ1) is 11.6. The van der Waals surface area contributed by atoms with Crippen LogP contribution in [0, 0.1) is 5.82 Å². The first-order valence-electron chi connectivity index (χ1n) is 7.97. The van der Waals surface area contributed by atoms with Gasteiger partial charge in [-0.05, 0) is 36.6 Å². The average molecular weight is 362 g/mol. The second kappa shape index (κ2) is 7.49. The second-order valence-corrected chi connectivity index (χ2v) is 7.75. The van der Waals surface area contributed by atoms with Gasteiger partial charge < -0.3 is 4.57 Å². The van der Waals surface area contributed by atoms with Crippen LogP contribution in [-0.2, 0) is 12.3 Å². The van der Waals surface area contributed by atoms with Gasteiger partial charge in [0.15, 0.2) is 11.0 Å². The molecule has 0 saturated heterocycles. The predicted octanol–water partition coefficient (Wildman–Crippen LogP) is 5.58. The highest BCUT2D eigenvalue weighted by atomic mass is 32.2. The fraction of sp³-hybridized carbons (Fsp3) is 0.333. The fourth-order valence-corrected chi connectivity index (χ4v) is 4.29. The summed E-state index contributed by atoms with van der Waals surface area (Å²) in [5, 5.41) is 11.7. The minimum atomic E-state index is -0.203. The lowest BCUT2D eigenvalue weighted by Crippen LogP contribution is -1.99. The monoisotopic (exact) mass is 361 g/mol. The van der Waals surface area contributed by atoms with Gasteiger partial charge in [-0.15, -0.1) is 21.5 Å². The van der Waals surface area contributed by atoms with Crippen LogP contribution in [0.2, 0.25) is 0 Å². The highest BCUT2D eigenvalue weighted by molar-refractivity contribution is 7.98. The Morgan fingerprint density at radius 1 is 1.25 bits per heavy atom. The number of thioether (sulfide) groups is 1. The number of thiophene rings is 1. The molecule has 0 unspecified atom stereocenters. The molecule has 0 fully saturated rings. The van der Waals surface area contributed by atoms with E-state index in [9.17, 15) is 4.39 Å². The van der Waals surface area contributed by atoms with E-state index in [-0.39, 0.29) is 5.82 Å². The van der Waals surface area contributed by atoms with E-state index in [0.29, 0.717) is 11.7 Å². The molecule has 3 rings (SSSR count). The molecule has 126 valence electrons. The Labute approximate surface area is 149 Å². The van der Waals surface area contributed by atoms with Gasteiger partial charge in [-0.25, -0.2) is 4.39 Å². The van der Waals surface area contributed by atoms with Crippen LogP contribution < -0.4 is 0 Å². The summed E-state index contributed by atoms with van der Waals surface area (Å²) in [6, 6.07) is 8.89. The summed E-state index contributed by atoms with van der Waals surface area (Å²) in [5.41, 5.74) is 2.07. The smallest absolute Gasteiger partial charge is 0.191 e. The first kappa shape index (κ1) is 17.2. The molecule has 6 heteroatoms. The Hall–Kier alpha value is -1.66. The number of hydrogen-bond donors (Lipinski definition) is 0. The standard InChI is InChI=1S/C18H20FN3S2/c1-4-22-17(14-9-16(12(2)3)23-11-14)20-21-18(22)24-10-13-6-5-7-15(19)8-13/h5-9,11-12H,4,10H2,1-3H3. The number of nitrogens with zero attached hydrogens (tertiary/aromatic N) is 3. The van der Waals surface area contributed by atoms with E-state index in [1.165, 1.54) is 10.9 Å². The summed E-state index contributed by atoms with van der Waals surface area (Å²) >= 11 is 3.35. The van der Waals surface area contributed by atoms with E-state index in [1.807, 2.05) is 6.07 Å².